The third-order valence-electron chi connectivity index (χ3n) is 4.18. The Kier molecular flexibility index (Phi) is 3.96. The molecule has 0 fully saturated rings. The molecular weight excluding hydrogens is 330 g/mol. The summed E-state index contributed by atoms with van der Waals surface area (Å²) in [4.78, 5) is 9.18. The highest BCUT2D eigenvalue weighted by atomic mass is 16.5. The zero-order chi connectivity index (χ0) is 18.1. The zero-order valence-corrected chi connectivity index (χ0v) is 14.3. The maximum absolute atomic E-state index is 5.98. The van der Waals surface area contributed by atoms with Gasteiger partial charge in [-0.1, -0.05) is 30.9 Å². The smallest absolute Gasteiger partial charge is 0.212 e. The maximum atomic E-state index is 5.98. The second-order valence-corrected chi connectivity index (χ2v) is 5.82. The largest absolute Gasteiger partial charge is 0.493 e. The number of ether oxygens (including phenoxy) is 2. The van der Waals surface area contributed by atoms with Crippen LogP contribution in [0, 0.1) is 0 Å². The van der Waals surface area contributed by atoms with Crippen molar-refractivity contribution in [3.63, 3.8) is 0 Å². The number of methoxy groups -OCH3 is 1. The number of rotatable bonds is 5. The lowest BCUT2D eigenvalue weighted by atomic mass is 10.1. The molecule has 7 heteroatoms. The van der Waals surface area contributed by atoms with Crippen LogP contribution in [0.3, 0.4) is 0 Å². The molecule has 3 aromatic rings. The van der Waals surface area contributed by atoms with E-state index in [9.17, 15) is 0 Å². The van der Waals surface area contributed by atoms with Crippen molar-refractivity contribution in [3.05, 3.63) is 60.7 Å². The van der Waals surface area contributed by atoms with Crippen LogP contribution in [0.4, 0.5) is 5.95 Å². The average Bonchev–Trinajstić information content (AvgIpc) is 3.03. The Morgan fingerprint density at radius 1 is 1.27 bits per heavy atom. The van der Waals surface area contributed by atoms with Gasteiger partial charge in [-0.3, -0.25) is 9.88 Å². The number of fused-ring (bicyclic) bond motifs is 3. The highest BCUT2D eigenvalue weighted by Gasteiger charge is 2.25. The van der Waals surface area contributed by atoms with Crippen molar-refractivity contribution in [3.8, 4) is 11.5 Å². The minimum absolute atomic E-state index is 0.323. The number of imidazole rings is 1. The Bertz CT molecular complexity index is 1010. The molecule has 3 N–H and O–H groups in total. The van der Waals surface area contributed by atoms with Crippen LogP contribution in [0.25, 0.3) is 11.0 Å². The van der Waals surface area contributed by atoms with Gasteiger partial charge in [-0.2, -0.15) is 0 Å². The van der Waals surface area contributed by atoms with Crippen molar-refractivity contribution in [1.29, 1.82) is 0 Å². The lowest BCUT2D eigenvalue weighted by molar-refractivity contribution is 0.326. The fourth-order valence-corrected chi connectivity index (χ4v) is 3.05. The van der Waals surface area contributed by atoms with Crippen molar-refractivity contribution in [2.75, 3.05) is 19.0 Å². The van der Waals surface area contributed by atoms with Gasteiger partial charge in [0.25, 0.3) is 0 Å². The molecular formula is C19H19N5O2. The van der Waals surface area contributed by atoms with Crippen LogP contribution in [-0.4, -0.2) is 29.2 Å². The summed E-state index contributed by atoms with van der Waals surface area (Å²) in [6.07, 6.45) is 1.34. The van der Waals surface area contributed by atoms with Gasteiger partial charge in [-0.15, -0.1) is 0 Å². The number of benzene rings is 2. The molecule has 1 aromatic heterocycles. The number of hydrogen-bond acceptors (Lipinski definition) is 6. The first-order valence-corrected chi connectivity index (χ1v) is 8.20. The molecule has 0 saturated heterocycles. The number of aliphatic imine (C=N–C) groups is 1. The summed E-state index contributed by atoms with van der Waals surface area (Å²) in [6, 6.07) is 13.6. The van der Waals surface area contributed by atoms with E-state index in [0.29, 0.717) is 30.0 Å². The van der Waals surface area contributed by atoms with E-state index in [1.807, 2.05) is 47.0 Å². The molecule has 0 bridgehead atoms. The van der Waals surface area contributed by atoms with Crippen molar-refractivity contribution < 1.29 is 9.47 Å². The fraction of sp³-hybridized carbons (Fsp3) is 0.158. The van der Waals surface area contributed by atoms with Gasteiger partial charge >= 0.3 is 0 Å². The van der Waals surface area contributed by atoms with E-state index in [1.165, 1.54) is 0 Å². The molecule has 1 unspecified atom stereocenters. The summed E-state index contributed by atoms with van der Waals surface area (Å²) in [5.41, 5.74) is 8.75. The molecule has 0 aliphatic carbocycles. The minimum atomic E-state index is -0.346. The highest BCUT2D eigenvalue weighted by molar-refractivity contribution is 5.94. The second-order valence-electron chi connectivity index (χ2n) is 5.82. The van der Waals surface area contributed by atoms with Crippen LogP contribution in [0.2, 0.25) is 0 Å². The van der Waals surface area contributed by atoms with Crippen LogP contribution in [0.5, 0.6) is 11.5 Å². The summed E-state index contributed by atoms with van der Waals surface area (Å²) in [5.74, 6) is 2.26. The Balaban J connectivity index is 1.82. The molecule has 2 aromatic carbocycles. The van der Waals surface area contributed by atoms with Crippen LogP contribution in [0.15, 0.2) is 60.1 Å². The normalized spacial score (nSPS) is 15.7. The van der Waals surface area contributed by atoms with Crippen LogP contribution in [0.1, 0.15) is 11.7 Å². The molecule has 1 aliphatic heterocycles. The zero-order valence-electron chi connectivity index (χ0n) is 14.3. The number of anilines is 1. The Hall–Kier alpha value is -3.48. The number of nitrogens with two attached hydrogens (primary N) is 1. The van der Waals surface area contributed by atoms with Gasteiger partial charge in [0.15, 0.2) is 23.6 Å². The Morgan fingerprint density at radius 3 is 2.92 bits per heavy atom. The fourth-order valence-electron chi connectivity index (χ4n) is 3.05. The quantitative estimate of drug-likeness (QED) is 0.692. The molecule has 2 heterocycles. The van der Waals surface area contributed by atoms with Crippen molar-refractivity contribution in [2.24, 2.45) is 10.7 Å². The van der Waals surface area contributed by atoms with Crippen LogP contribution in [-0.2, 0) is 0 Å². The van der Waals surface area contributed by atoms with Crippen molar-refractivity contribution in [2.45, 2.75) is 6.17 Å². The summed E-state index contributed by atoms with van der Waals surface area (Å²) in [5, 5.41) is 3.03. The first kappa shape index (κ1) is 16.0. The highest BCUT2D eigenvalue weighted by Crippen LogP contribution is 2.36. The molecule has 4 rings (SSSR count). The van der Waals surface area contributed by atoms with Crippen molar-refractivity contribution >= 4 is 22.9 Å². The Morgan fingerprint density at radius 2 is 2.12 bits per heavy atom. The molecule has 1 atom stereocenters. The SMILES string of the molecule is C=CCOc1ccc(C2N=C(N)Nc3nc4ccccc4n32)cc1OC. The van der Waals surface area contributed by atoms with Crippen LogP contribution < -0.4 is 20.5 Å². The van der Waals surface area contributed by atoms with E-state index in [-0.39, 0.29) is 6.17 Å². The van der Waals surface area contributed by atoms with Gasteiger partial charge in [-0.05, 0) is 24.3 Å². The van der Waals surface area contributed by atoms with Gasteiger partial charge in [0.2, 0.25) is 5.95 Å². The number of nitrogens with zero attached hydrogens (tertiary/aromatic N) is 3. The van der Waals surface area contributed by atoms with Gasteiger partial charge in [0.1, 0.15) is 6.61 Å². The molecule has 132 valence electrons. The van der Waals surface area contributed by atoms with E-state index in [2.05, 4.69) is 21.9 Å². The summed E-state index contributed by atoms with van der Waals surface area (Å²) in [7, 11) is 1.61. The van der Waals surface area contributed by atoms with E-state index >= 15 is 0 Å². The van der Waals surface area contributed by atoms with E-state index in [4.69, 9.17) is 15.2 Å². The predicted octanol–water partition coefficient (Wildman–Crippen LogP) is 2.90. The maximum Gasteiger partial charge on any atom is 0.212 e. The molecule has 0 saturated carbocycles. The van der Waals surface area contributed by atoms with E-state index < -0.39 is 0 Å². The second kappa shape index (κ2) is 6.44. The van der Waals surface area contributed by atoms with Gasteiger partial charge in [-0.25, -0.2) is 9.98 Å². The third kappa shape index (κ3) is 2.63. The first-order valence-electron chi connectivity index (χ1n) is 8.20. The predicted molar refractivity (Wildman–Crippen MR) is 102 cm³/mol. The number of aromatic nitrogens is 2. The number of nitrogens with one attached hydrogen (secondary N) is 1. The number of guanidine groups is 1. The monoisotopic (exact) mass is 349 g/mol. The molecule has 0 radical (unpaired) electrons. The molecule has 26 heavy (non-hydrogen) atoms. The summed E-state index contributed by atoms with van der Waals surface area (Å²) >= 11 is 0. The lowest BCUT2D eigenvalue weighted by Crippen LogP contribution is -2.31. The Labute approximate surface area is 150 Å². The average molecular weight is 349 g/mol. The number of para-hydroxylation sites is 2. The standard InChI is InChI=1S/C19H19N5O2/c1-3-10-26-15-9-8-12(11-16(15)25-2)17-22-18(20)23-19-21-13-6-4-5-7-14(13)24(17)19/h3-9,11,17H,1,10H2,2H3,(H3,20,21,22,23). The first-order chi connectivity index (χ1) is 12.7. The van der Waals surface area contributed by atoms with Gasteiger partial charge in [0, 0.05) is 5.56 Å². The minimum Gasteiger partial charge on any atom is -0.493 e. The number of hydrogen-bond donors (Lipinski definition) is 2. The summed E-state index contributed by atoms with van der Waals surface area (Å²) in [6.45, 7) is 4.07. The van der Waals surface area contributed by atoms with E-state index in [0.717, 1.165) is 16.6 Å². The molecule has 7 nitrogen and oxygen atoms in total. The third-order valence-corrected chi connectivity index (χ3v) is 4.18. The van der Waals surface area contributed by atoms with Crippen molar-refractivity contribution in [1.82, 2.24) is 9.55 Å². The van der Waals surface area contributed by atoms with Gasteiger partial charge < -0.3 is 15.2 Å². The summed E-state index contributed by atoms with van der Waals surface area (Å²) < 4.78 is 13.1. The van der Waals surface area contributed by atoms with E-state index in [1.54, 1.807) is 13.2 Å². The topological polar surface area (TPSA) is 86.7 Å². The molecule has 0 amide bonds. The van der Waals surface area contributed by atoms with Crippen LogP contribution >= 0.6 is 0 Å². The lowest BCUT2D eigenvalue weighted by Gasteiger charge is -2.24. The molecule has 0 spiro atoms. The van der Waals surface area contributed by atoms with Gasteiger partial charge in [0.05, 0.1) is 18.1 Å². The molecule has 1 aliphatic rings.